The first-order valence-electron chi connectivity index (χ1n) is 7.35. The molecule has 20 heavy (non-hydrogen) atoms. The first kappa shape index (κ1) is 14.9. The number of para-hydroxylation sites is 2. The van der Waals surface area contributed by atoms with E-state index in [9.17, 15) is 4.79 Å². The SMILES string of the molecule is CN(C)c1ccccc1NC(=O)CC1(N)CCCCC1. The molecule has 0 radical (unpaired) electrons. The van der Waals surface area contributed by atoms with Gasteiger partial charge in [0.05, 0.1) is 11.4 Å². The van der Waals surface area contributed by atoms with E-state index in [0.717, 1.165) is 37.1 Å². The number of hydrogen-bond donors (Lipinski definition) is 2. The fourth-order valence-electron chi connectivity index (χ4n) is 2.92. The monoisotopic (exact) mass is 275 g/mol. The zero-order chi connectivity index (χ0) is 14.6. The van der Waals surface area contributed by atoms with Crippen LogP contribution in [-0.2, 0) is 4.79 Å². The molecule has 2 rings (SSSR count). The van der Waals surface area contributed by atoms with Crippen molar-refractivity contribution in [2.24, 2.45) is 5.73 Å². The summed E-state index contributed by atoms with van der Waals surface area (Å²) in [5, 5.41) is 3.00. The molecule has 1 aliphatic rings. The lowest BCUT2D eigenvalue weighted by atomic mass is 9.80. The molecule has 1 aromatic rings. The number of anilines is 2. The summed E-state index contributed by atoms with van der Waals surface area (Å²) in [4.78, 5) is 14.2. The molecule has 4 heteroatoms. The fraction of sp³-hybridized carbons (Fsp3) is 0.562. The van der Waals surface area contributed by atoms with Crippen LogP contribution < -0.4 is 16.0 Å². The molecule has 3 N–H and O–H groups in total. The summed E-state index contributed by atoms with van der Waals surface area (Å²) in [7, 11) is 3.94. The van der Waals surface area contributed by atoms with Crippen LogP contribution in [-0.4, -0.2) is 25.5 Å². The second-order valence-electron chi connectivity index (χ2n) is 6.06. The maximum absolute atomic E-state index is 12.3. The molecule has 110 valence electrons. The Bertz CT molecular complexity index is 465. The minimum Gasteiger partial charge on any atom is -0.376 e. The maximum atomic E-state index is 12.3. The molecule has 1 saturated carbocycles. The van der Waals surface area contributed by atoms with E-state index in [2.05, 4.69) is 5.32 Å². The van der Waals surface area contributed by atoms with Crippen molar-refractivity contribution in [2.45, 2.75) is 44.1 Å². The molecule has 1 aliphatic carbocycles. The molecule has 0 aliphatic heterocycles. The number of nitrogens with two attached hydrogens (primary N) is 1. The summed E-state index contributed by atoms with van der Waals surface area (Å²) in [5.74, 6) is 0.0173. The van der Waals surface area contributed by atoms with Gasteiger partial charge in [-0.2, -0.15) is 0 Å². The molecule has 0 spiro atoms. The first-order chi connectivity index (χ1) is 9.50. The normalized spacial score (nSPS) is 17.6. The maximum Gasteiger partial charge on any atom is 0.226 e. The number of nitrogens with zero attached hydrogens (tertiary/aromatic N) is 1. The van der Waals surface area contributed by atoms with Gasteiger partial charge >= 0.3 is 0 Å². The van der Waals surface area contributed by atoms with E-state index in [-0.39, 0.29) is 11.4 Å². The van der Waals surface area contributed by atoms with Gasteiger partial charge < -0.3 is 16.0 Å². The average molecular weight is 275 g/mol. The van der Waals surface area contributed by atoms with E-state index in [1.807, 2.05) is 43.3 Å². The van der Waals surface area contributed by atoms with Crippen molar-refractivity contribution in [3.63, 3.8) is 0 Å². The predicted molar refractivity (Wildman–Crippen MR) is 84.0 cm³/mol. The van der Waals surface area contributed by atoms with Crippen molar-refractivity contribution >= 4 is 17.3 Å². The number of amides is 1. The molecule has 0 heterocycles. The van der Waals surface area contributed by atoms with E-state index in [4.69, 9.17) is 5.73 Å². The number of nitrogens with one attached hydrogen (secondary N) is 1. The number of rotatable bonds is 4. The number of carbonyl (C=O) groups excluding carboxylic acids is 1. The third-order valence-corrected chi connectivity index (χ3v) is 4.02. The summed E-state index contributed by atoms with van der Waals surface area (Å²) >= 11 is 0. The highest BCUT2D eigenvalue weighted by molar-refractivity contribution is 5.94. The van der Waals surface area contributed by atoms with Crippen molar-refractivity contribution in [3.8, 4) is 0 Å². The largest absolute Gasteiger partial charge is 0.376 e. The minimum absolute atomic E-state index is 0.0173. The summed E-state index contributed by atoms with van der Waals surface area (Å²) in [6.45, 7) is 0. The molecule has 0 atom stereocenters. The molecular weight excluding hydrogens is 250 g/mol. The Labute approximate surface area is 121 Å². The molecule has 4 nitrogen and oxygen atoms in total. The number of carbonyl (C=O) groups is 1. The molecule has 0 bridgehead atoms. The lowest BCUT2D eigenvalue weighted by Crippen LogP contribution is -2.44. The van der Waals surface area contributed by atoms with Crippen LogP contribution in [0.1, 0.15) is 38.5 Å². The van der Waals surface area contributed by atoms with E-state index in [1.165, 1.54) is 6.42 Å². The van der Waals surface area contributed by atoms with Gasteiger partial charge in [-0.05, 0) is 25.0 Å². The van der Waals surface area contributed by atoms with Crippen LogP contribution in [0, 0.1) is 0 Å². The zero-order valence-corrected chi connectivity index (χ0v) is 12.5. The van der Waals surface area contributed by atoms with Crippen molar-refractivity contribution in [1.29, 1.82) is 0 Å². The van der Waals surface area contributed by atoms with Crippen LogP contribution in [0.3, 0.4) is 0 Å². The van der Waals surface area contributed by atoms with Crippen LogP contribution in [0.2, 0.25) is 0 Å². The lowest BCUT2D eigenvalue weighted by molar-refractivity contribution is -0.117. The second-order valence-corrected chi connectivity index (χ2v) is 6.06. The van der Waals surface area contributed by atoms with Crippen LogP contribution >= 0.6 is 0 Å². The minimum atomic E-state index is -0.310. The first-order valence-corrected chi connectivity index (χ1v) is 7.35. The zero-order valence-electron chi connectivity index (χ0n) is 12.5. The van der Waals surface area contributed by atoms with Crippen molar-refractivity contribution in [2.75, 3.05) is 24.3 Å². The van der Waals surface area contributed by atoms with Gasteiger partial charge in [0.2, 0.25) is 5.91 Å². The Hall–Kier alpha value is -1.55. The van der Waals surface area contributed by atoms with Crippen LogP contribution in [0.4, 0.5) is 11.4 Å². The summed E-state index contributed by atoms with van der Waals surface area (Å²) in [5.41, 5.74) is 7.89. The van der Waals surface area contributed by atoms with Gasteiger partial charge in [0.25, 0.3) is 0 Å². The molecule has 0 saturated heterocycles. The van der Waals surface area contributed by atoms with E-state index in [1.54, 1.807) is 0 Å². The van der Waals surface area contributed by atoms with Gasteiger partial charge in [0.1, 0.15) is 0 Å². The van der Waals surface area contributed by atoms with Crippen molar-refractivity contribution < 1.29 is 4.79 Å². The fourth-order valence-corrected chi connectivity index (χ4v) is 2.92. The third kappa shape index (κ3) is 3.73. The van der Waals surface area contributed by atoms with Gasteiger partial charge in [0, 0.05) is 26.1 Å². The van der Waals surface area contributed by atoms with Crippen molar-refractivity contribution in [1.82, 2.24) is 0 Å². The lowest BCUT2D eigenvalue weighted by Gasteiger charge is -2.32. The average Bonchev–Trinajstić information content (AvgIpc) is 2.39. The number of hydrogen-bond acceptors (Lipinski definition) is 3. The van der Waals surface area contributed by atoms with Crippen LogP contribution in [0.25, 0.3) is 0 Å². The highest BCUT2D eigenvalue weighted by Gasteiger charge is 2.30. The van der Waals surface area contributed by atoms with E-state index >= 15 is 0 Å². The highest BCUT2D eigenvalue weighted by atomic mass is 16.1. The second kappa shape index (κ2) is 6.27. The summed E-state index contributed by atoms with van der Waals surface area (Å²) < 4.78 is 0. The molecule has 0 aromatic heterocycles. The molecule has 1 aromatic carbocycles. The smallest absolute Gasteiger partial charge is 0.226 e. The molecular formula is C16H25N3O. The molecule has 0 unspecified atom stereocenters. The molecule has 1 amide bonds. The van der Waals surface area contributed by atoms with Gasteiger partial charge in [-0.3, -0.25) is 4.79 Å². The highest BCUT2D eigenvalue weighted by Crippen LogP contribution is 2.30. The van der Waals surface area contributed by atoms with Gasteiger partial charge in [-0.15, -0.1) is 0 Å². The van der Waals surface area contributed by atoms with Crippen LogP contribution in [0.5, 0.6) is 0 Å². The quantitative estimate of drug-likeness (QED) is 0.888. The Kier molecular flexibility index (Phi) is 4.65. The van der Waals surface area contributed by atoms with Gasteiger partial charge in [-0.25, -0.2) is 0 Å². The number of benzene rings is 1. The summed E-state index contributed by atoms with van der Waals surface area (Å²) in [6.07, 6.45) is 5.83. The Morgan fingerprint density at radius 1 is 1.25 bits per heavy atom. The standard InChI is InChI=1S/C16H25N3O/c1-19(2)14-9-5-4-8-13(14)18-15(20)12-16(17)10-6-3-7-11-16/h4-5,8-9H,3,6-7,10-12,17H2,1-2H3,(H,18,20). The Morgan fingerprint density at radius 3 is 2.55 bits per heavy atom. The Balaban J connectivity index is 2.01. The summed E-state index contributed by atoms with van der Waals surface area (Å²) in [6, 6.07) is 7.82. The van der Waals surface area contributed by atoms with Crippen LogP contribution in [0.15, 0.2) is 24.3 Å². The predicted octanol–water partition coefficient (Wildman–Crippen LogP) is 2.74. The third-order valence-electron chi connectivity index (χ3n) is 4.02. The van der Waals surface area contributed by atoms with Gasteiger partial charge in [-0.1, -0.05) is 31.4 Å². The molecule has 1 fully saturated rings. The van der Waals surface area contributed by atoms with E-state index in [0.29, 0.717) is 6.42 Å². The topological polar surface area (TPSA) is 58.4 Å². The van der Waals surface area contributed by atoms with E-state index < -0.39 is 0 Å². The van der Waals surface area contributed by atoms with Gasteiger partial charge in [0.15, 0.2) is 0 Å². The van der Waals surface area contributed by atoms with Crippen molar-refractivity contribution in [3.05, 3.63) is 24.3 Å². The Morgan fingerprint density at radius 2 is 1.90 bits per heavy atom.